The van der Waals surface area contributed by atoms with Crippen molar-refractivity contribution >= 4 is 23.4 Å². The average molecular weight is 464 g/mol. The molecule has 0 unspecified atom stereocenters. The number of carboxylic acids is 1. The number of carboxylic acid groups (broad SMARTS) is 1. The second-order valence-corrected chi connectivity index (χ2v) is 10.1. The summed E-state index contributed by atoms with van der Waals surface area (Å²) in [4.78, 5) is 43.7. The first-order chi connectivity index (χ1) is 15.0. The number of pyridine rings is 1. The minimum Gasteiger partial charge on any atom is -0.478 e. The predicted octanol–water partition coefficient (Wildman–Crippen LogP) is 3.04. The lowest BCUT2D eigenvalue weighted by Crippen LogP contribution is -2.44. The topological polar surface area (TPSA) is 122 Å². The number of aromatic nitrogens is 2. The molecule has 174 valence electrons. The van der Waals surface area contributed by atoms with Crippen LogP contribution in [0, 0.1) is 12.8 Å². The van der Waals surface area contributed by atoms with Gasteiger partial charge in [-0.05, 0) is 52.5 Å². The molecule has 2 aromatic rings. The molecule has 32 heavy (non-hydrogen) atoms. The van der Waals surface area contributed by atoms with Crippen LogP contribution in [-0.2, 0) is 11.3 Å². The monoisotopic (exact) mass is 463 g/mol. The lowest BCUT2D eigenvalue weighted by Gasteiger charge is -2.36. The molecule has 2 aromatic heterocycles. The van der Waals surface area contributed by atoms with Crippen molar-refractivity contribution in [2.24, 2.45) is 5.92 Å². The number of likely N-dealkylation sites (tertiary alicyclic amines) is 1. The van der Waals surface area contributed by atoms with Crippen molar-refractivity contribution in [3.8, 4) is 0 Å². The molecule has 3 heterocycles. The summed E-state index contributed by atoms with van der Waals surface area (Å²) in [6, 6.07) is 2.04. The molecule has 0 aliphatic carbocycles. The van der Waals surface area contributed by atoms with E-state index in [4.69, 9.17) is 4.74 Å². The second-order valence-electron chi connectivity index (χ2n) is 8.94. The van der Waals surface area contributed by atoms with Gasteiger partial charge in [0.05, 0.1) is 28.8 Å². The zero-order valence-corrected chi connectivity index (χ0v) is 19.5. The first kappa shape index (κ1) is 23.9. The SMILES string of the molecule is Cc1nc([C@H](C2CCN(C(=O)OC(C)(C)C)CC2)n2cc(C(=O)O)ccc2=O)sc1CO. The fourth-order valence-electron chi connectivity index (χ4n) is 3.84. The average Bonchev–Trinajstić information content (AvgIpc) is 3.08. The van der Waals surface area contributed by atoms with Crippen molar-refractivity contribution in [3.05, 3.63) is 49.8 Å². The number of aliphatic hydroxyl groups is 1. The standard InChI is InChI=1S/C22H29N3O6S/c1-13-16(12-26)32-19(23-13)18(25-11-15(20(28)29)5-6-17(25)27)14-7-9-24(10-8-14)21(30)31-22(2,3)4/h5-6,11,14,18,26H,7-10,12H2,1-4H3,(H,28,29)/t18-/m0/s1. The molecular formula is C22H29N3O6S. The lowest BCUT2D eigenvalue weighted by molar-refractivity contribution is 0.0168. The van der Waals surface area contributed by atoms with Crippen molar-refractivity contribution < 1.29 is 24.5 Å². The number of hydrogen-bond acceptors (Lipinski definition) is 7. The fraction of sp³-hybridized carbons (Fsp3) is 0.545. The van der Waals surface area contributed by atoms with Gasteiger partial charge in [0.2, 0.25) is 0 Å². The minimum absolute atomic E-state index is 0.0106. The summed E-state index contributed by atoms with van der Waals surface area (Å²) in [5, 5.41) is 19.7. The molecule has 1 aliphatic heterocycles. The quantitative estimate of drug-likeness (QED) is 0.699. The number of rotatable bonds is 5. The van der Waals surface area contributed by atoms with Crippen molar-refractivity contribution in [2.45, 2.75) is 58.8 Å². The van der Waals surface area contributed by atoms with Crippen molar-refractivity contribution in [1.29, 1.82) is 0 Å². The summed E-state index contributed by atoms with van der Waals surface area (Å²) in [6.45, 7) is 8.01. The second kappa shape index (κ2) is 9.41. The number of piperidine rings is 1. The van der Waals surface area contributed by atoms with E-state index in [0.29, 0.717) is 41.5 Å². The van der Waals surface area contributed by atoms with Gasteiger partial charge in [0, 0.05) is 25.4 Å². The molecule has 0 aromatic carbocycles. The number of carbonyl (C=O) groups excluding carboxylic acids is 1. The molecule has 0 saturated carbocycles. The van der Waals surface area contributed by atoms with Gasteiger partial charge in [0.25, 0.3) is 5.56 Å². The number of aliphatic hydroxyl groups excluding tert-OH is 1. The highest BCUT2D eigenvalue weighted by Crippen LogP contribution is 2.37. The third-order valence-corrected chi connectivity index (χ3v) is 6.64. The van der Waals surface area contributed by atoms with Gasteiger partial charge in [-0.1, -0.05) is 0 Å². The maximum atomic E-state index is 12.8. The van der Waals surface area contributed by atoms with Crippen LogP contribution in [0.5, 0.6) is 0 Å². The van der Waals surface area contributed by atoms with Crippen LogP contribution in [0.1, 0.15) is 65.6 Å². The molecule has 1 atom stereocenters. The van der Waals surface area contributed by atoms with Gasteiger partial charge < -0.3 is 24.4 Å². The molecule has 1 fully saturated rings. The summed E-state index contributed by atoms with van der Waals surface area (Å²) < 4.78 is 6.89. The number of hydrogen-bond donors (Lipinski definition) is 2. The molecule has 1 aliphatic rings. The maximum Gasteiger partial charge on any atom is 0.410 e. The number of ether oxygens (including phenoxy) is 1. The van der Waals surface area contributed by atoms with Gasteiger partial charge in [-0.25, -0.2) is 14.6 Å². The number of nitrogens with zero attached hydrogens (tertiary/aromatic N) is 3. The number of carbonyl (C=O) groups is 2. The molecule has 1 amide bonds. The van der Waals surface area contributed by atoms with Crippen LogP contribution in [0.25, 0.3) is 0 Å². The third-order valence-electron chi connectivity index (χ3n) is 5.43. The van der Waals surface area contributed by atoms with Crippen LogP contribution in [0.4, 0.5) is 4.79 Å². The van der Waals surface area contributed by atoms with Crippen LogP contribution in [-0.4, -0.2) is 55.4 Å². The number of thiazole rings is 1. The van der Waals surface area contributed by atoms with Crippen LogP contribution in [0.3, 0.4) is 0 Å². The first-order valence-electron chi connectivity index (χ1n) is 10.5. The van der Waals surface area contributed by atoms with Gasteiger partial charge >= 0.3 is 12.1 Å². The Morgan fingerprint density at radius 1 is 1.28 bits per heavy atom. The van der Waals surface area contributed by atoms with Gasteiger partial charge in [-0.3, -0.25) is 4.79 Å². The van der Waals surface area contributed by atoms with E-state index in [1.165, 1.54) is 34.2 Å². The van der Waals surface area contributed by atoms with Gasteiger partial charge in [-0.2, -0.15) is 0 Å². The number of aromatic carboxylic acids is 1. The Bertz CT molecular complexity index is 1050. The Labute approximate surface area is 190 Å². The Morgan fingerprint density at radius 3 is 2.47 bits per heavy atom. The van der Waals surface area contributed by atoms with Crippen LogP contribution in [0.15, 0.2) is 23.1 Å². The molecule has 1 saturated heterocycles. The molecular weight excluding hydrogens is 434 g/mol. The Balaban J connectivity index is 1.93. The van der Waals surface area contributed by atoms with Crippen molar-refractivity contribution in [1.82, 2.24) is 14.5 Å². The highest BCUT2D eigenvalue weighted by molar-refractivity contribution is 7.11. The zero-order valence-electron chi connectivity index (χ0n) is 18.7. The van der Waals surface area contributed by atoms with E-state index in [0.717, 1.165) is 0 Å². The molecule has 0 spiro atoms. The van der Waals surface area contributed by atoms with E-state index in [2.05, 4.69) is 4.98 Å². The fourth-order valence-corrected chi connectivity index (χ4v) is 4.96. The molecule has 0 radical (unpaired) electrons. The van der Waals surface area contributed by atoms with Crippen LogP contribution in [0.2, 0.25) is 0 Å². The van der Waals surface area contributed by atoms with E-state index in [-0.39, 0.29) is 29.7 Å². The van der Waals surface area contributed by atoms with Crippen molar-refractivity contribution in [3.63, 3.8) is 0 Å². The Hall–Kier alpha value is -2.72. The van der Waals surface area contributed by atoms with Gasteiger partial charge in [0.1, 0.15) is 10.6 Å². The van der Waals surface area contributed by atoms with E-state index >= 15 is 0 Å². The van der Waals surface area contributed by atoms with E-state index < -0.39 is 17.6 Å². The summed E-state index contributed by atoms with van der Waals surface area (Å²) in [5.41, 5.74) is -0.212. The molecule has 3 rings (SSSR count). The summed E-state index contributed by atoms with van der Waals surface area (Å²) in [6.07, 6.45) is 2.18. The van der Waals surface area contributed by atoms with Crippen LogP contribution >= 0.6 is 11.3 Å². The normalized spacial score (nSPS) is 16.1. The van der Waals surface area contributed by atoms with Gasteiger partial charge in [0.15, 0.2) is 0 Å². The highest BCUT2D eigenvalue weighted by Gasteiger charge is 2.34. The predicted molar refractivity (Wildman–Crippen MR) is 119 cm³/mol. The number of aryl methyl sites for hydroxylation is 1. The van der Waals surface area contributed by atoms with Crippen molar-refractivity contribution in [2.75, 3.05) is 13.1 Å². The minimum atomic E-state index is -1.12. The van der Waals surface area contributed by atoms with E-state index in [1.807, 2.05) is 20.8 Å². The summed E-state index contributed by atoms with van der Waals surface area (Å²) >= 11 is 1.32. The molecule has 9 nitrogen and oxygen atoms in total. The first-order valence-corrected chi connectivity index (χ1v) is 11.3. The van der Waals surface area contributed by atoms with E-state index in [9.17, 15) is 24.6 Å². The Kier molecular flexibility index (Phi) is 7.04. The highest BCUT2D eigenvalue weighted by atomic mass is 32.1. The molecule has 2 N–H and O–H groups in total. The van der Waals surface area contributed by atoms with Crippen LogP contribution < -0.4 is 5.56 Å². The molecule has 0 bridgehead atoms. The van der Waals surface area contributed by atoms with E-state index in [1.54, 1.807) is 11.8 Å². The lowest BCUT2D eigenvalue weighted by atomic mass is 9.89. The summed E-state index contributed by atoms with van der Waals surface area (Å²) in [7, 11) is 0. The smallest absolute Gasteiger partial charge is 0.410 e. The largest absolute Gasteiger partial charge is 0.478 e. The summed E-state index contributed by atoms with van der Waals surface area (Å²) in [5.74, 6) is -1.17. The van der Waals surface area contributed by atoms with Gasteiger partial charge in [-0.15, -0.1) is 11.3 Å². The molecule has 10 heteroatoms. The Morgan fingerprint density at radius 2 is 1.94 bits per heavy atom. The maximum absolute atomic E-state index is 12.8. The number of amides is 1. The third kappa shape index (κ3) is 5.36. The zero-order chi connectivity index (χ0) is 23.6.